The van der Waals surface area contributed by atoms with Crippen LogP contribution in [0.4, 0.5) is 16.3 Å². The van der Waals surface area contributed by atoms with Gasteiger partial charge in [0.25, 0.3) is 0 Å². The van der Waals surface area contributed by atoms with Crippen LogP contribution >= 0.6 is 0 Å². The van der Waals surface area contributed by atoms with Crippen LogP contribution in [0.15, 0.2) is 6.20 Å². The van der Waals surface area contributed by atoms with Crippen LogP contribution in [0.25, 0.3) is 0 Å². The summed E-state index contributed by atoms with van der Waals surface area (Å²) in [7, 11) is 0. The molecule has 23 heavy (non-hydrogen) atoms. The quantitative estimate of drug-likeness (QED) is 0.703. The molecule has 0 saturated heterocycles. The maximum Gasteiger partial charge on any atom is 0.413 e. The Morgan fingerprint density at radius 3 is 2.48 bits per heavy atom. The minimum Gasteiger partial charge on any atom is -0.474 e. The Morgan fingerprint density at radius 2 is 1.87 bits per heavy atom. The van der Waals surface area contributed by atoms with Gasteiger partial charge in [0, 0.05) is 11.1 Å². The van der Waals surface area contributed by atoms with Crippen molar-refractivity contribution in [2.24, 2.45) is 0 Å². The molecule has 1 aromatic rings. The molecule has 1 aliphatic heterocycles. The molecule has 0 aromatic carbocycles. The van der Waals surface area contributed by atoms with Crippen LogP contribution in [0.3, 0.4) is 0 Å². The number of aromatic nitrogens is 1. The Hall–Kier alpha value is -2.68. The minimum absolute atomic E-state index is 0.177. The van der Waals surface area contributed by atoms with Gasteiger partial charge in [-0.3, -0.25) is 10.1 Å². The largest absolute Gasteiger partial charge is 0.474 e. The summed E-state index contributed by atoms with van der Waals surface area (Å²) in [6.07, 6.45) is 0.600. The van der Waals surface area contributed by atoms with E-state index in [1.807, 2.05) is 0 Å². The van der Waals surface area contributed by atoms with Crippen LogP contribution in [-0.4, -0.2) is 33.7 Å². The number of anilines is 2. The summed E-state index contributed by atoms with van der Waals surface area (Å²) in [6, 6.07) is 0. The van der Waals surface area contributed by atoms with E-state index in [1.165, 1.54) is 6.20 Å². The van der Waals surface area contributed by atoms with Gasteiger partial charge in [0.05, 0.1) is 25.1 Å². The Bertz CT molecular complexity index is 665. The van der Waals surface area contributed by atoms with Crippen molar-refractivity contribution < 1.29 is 29.0 Å². The molecule has 0 spiro atoms. The Labute approximate surface area is 132 Å². The highest BCUT2D eigenvalue weighted by molar-refractivity contribution is 6.36. The molecule has 0 radical (unpaired) electrons. The van der Waals surface area contributed by atoms with Crippen LogP contribution in [0.5, 0.6) is 0 Å². The molecule has 2 heterocycles. The molecule has 0 unspecified atom stereocenters. The van der Waals surface area contributed by atoms with Crippen LogP contribution in [0, 0.1) is 0 Å². The van der Waals surface area contributed by atoms with Crippen molar-refractivity contribution in [3.63, 3.8) is 0 Å². The van der Waals surface area contributed by atoms with E-state index >= 15 is 0 Å². The van der Waals surface area contributed by atoms with Gasteiger partial charge < -0.3 is 19.9 Å². The number of carboxylic acid groups (broad SMARTS) is 1. The first-order valence-corrected chi connectivity index (χ1v) is 6.80. The normalized spacial score (nSPS) is 13.2. The van der Waals surface area contributed by atoms with E-state index in [0.29, 0.717) is 11.1 Å². The minimum atomic E-state index is -1.60. The van der Waals surface area contributed by atoms with Crippen LogP contribution in [0.2, 0.25) is 0 Å². The topological polar surface area (TPSA) is 127 Å². The third kappa shape index (κ3) is 4.16. The smallest absolute Gasteiger partial charge is 0.413 e. The first kappa shape index (κ1) is 16.7. The maximum absolute atomic E-state index is 11.8. The maximum atomic E-state index is 11.8. The molecule has 0 fully saturated rings. The second-order valence-electron chi connectivity index (χ2n) is 5.86. The highest BCUT2D eigenvalue weighted by Crippen LogP contribution is 2.31. The van der Waals surface area contributed by atoms with Gasteiger partial charge in [0.1, 0.15) is 11.4 Å². The van der Waals surface area contributed by atoms with Gasteiger partial charge in [-0.2, -0.15) is 0 Å². The molecule has 1 aromatic heterocycles. The van der Waals surface area contributed by atoms with E-state index in [-0.39, 0.29) is 24.7 Å². The van der Waals surface area contributed by atoms with E-state index < -0.39 is 23.6 Å². The van der Waals surface area contributed by atoms with E-state index in [1.54, 1.807) is 20.8 Å². The lowest BCUT2D eigenvalue weighted by atomic mass is 10.1. The Morgan fingerprint density at radius 1 is 1.22 bits per heavy atom. The number of amides is 2. The zero-order valence-electron chi connectivity index (χ0n) is 12.9. The SMILES string of the molecule is CC(C)(C)OC(=O)Nc1ncc(NC(=O)C(=O)O)c2c1COC2. The van der Waals surface area contributed by atoms with Gasteiger partial charge in [-0.1, -0.05) is 0 Å². The fourth-order valence-corrected chi connectivity index (χ4v) is 1.96. The van der Waals surface area contributed by atoms with E-state index in [2.05, 4.69) is 15.6 Å². The highest BCUT2D eigenvalue weighted by atomic mass is 16.6. The van der Waals surface area contributed by atoms with Crippen molar-refractivity contribution in [1.29, 1.82) is 0 Å². The van der Waals surface area contributed by atoms with E-state index in [9.17, 15) is 14.4 Å². The first-order valence-electron chi connectivity index (χ1n) is 6.80. The molecule has 0 atom stereocenters. The third-order valence-corrected chi connectivity index (χ3v) is 2.85. The summed E-state index contributed by atoms with van der Waals surface area (Å²) in [4.78, 5) is 37.7. The fourth-order valence-electron chi connectivity index (χ4n) is 1.96. The van der Waals surface area contributed by atoms with E-state index in [0.717, 1.165) is 0 Å². The molecule has 2 rings (SSSR count). The number of pyridine rings is 1. The van der Waals surface area contributed by atoms with Crippen molar-refractivity contribution >= 4 is 29.5 Å². The number of hydrogen-bond donors (Lipinski definition) is 3. The van der Waals surface area contributed by atoms with Crippen LogP contribution in [0.1, 0.15) is 31.9 Å². The van der Waals surface area contributed by atoms with Gasteiger partial charge in [0.15, 0.2) is 0 Å². The summed E-state index contributed by atoms with van der Waals surface area (Å²) in [5.74, 6) is -2.53. The lowest BCUT2D eigenvalue weighted by Crippen LogP contribution is -2.28. The molecule has 1 aliphatic rings. The van der Waals surface area contributed by atoms with Crippen molar-refractivity contribution in [3.8, 4) is 0 Å². The second kappa shape index (κ2) is 6.21. The van der Waals surface area contributed by atoms with Crippen molar-refractivity contribution in [2.75, 3.05) is 10.6 Å². The monoisotopic (exact) mass is 323 g/mol. The van der Waals surface area contributed by atoms with Gasteiger partial charge >= 0.3 is 18.0 Å². The van der Waals surface area contributed by atoms with Crippen molar-refractivity contribution in [3.05, 3.63) is 17.3 Å². The Kier molecular flexibility index (Phi) is 4.50. The lowest BCUT2D eigenvalue weighted by molar-refractivity contribution is -0.147. The van der Waals surface area contributed by atoms with Crippen molar-refractivity contribution in [1.82, 2.24) is 4.98 Å². The zero-order valence-corrected chi connectivity index (χ0v) is 12.9. The number of carbonyl (C=O) groups excluding carboxylic acids is 2. The van der Waals surface area contributed by atoms with Gasteiger partial charge in [-0.25, -0.2) is 14.6 Å². The zero-order chi connectivity index (χ0) is 17.2. The number of carbonyl (C=O) groups is 3. The molecule has 0 saturated carbocycles. The average molecular weight is 323 g/mol. The van der Waals surface area contributed by atoms with Gasteiger partial charge in [-0.05, 0) is 20.8 Å². The fraction of sp³-hybridized carbons (Fsp3) is 0.429. The molecule has 3 N–H and O–H groups in total. The number of nitrogens with one attached hydrogen (secondary N) is 2. The first-order chi connectivity index (χ1) is 10.7. The molecule has 124 valence electrons. The van der Waals surface area contributed by atoms with Crippen LogP contribution in [-0.2, 0) is 32.3 Å². The third-order valence-electron chi connectivity index (χ3n) is 2.85. The van der Waals surface area contributed by atoms with Gasteiger partial charge in [-0.15, -0.1) is 0 Å². The number of rotatable bonds is 2. The van der Waals surface area contributed by atoms with Gasteiger partial charge in [0.2, 0.25) is 0 Å². The molecule has 0 bridgehead atoms. The standard InChI is InChI=1S/C14H17N3O6/c1-14(2,3)23-13(21)17-10-8-6-22-5-7(8)9(4-15-10)16-11(18)12(19)20/h4H,5-6H2,1-3H3,(H,16,18)(H,19,20)(H,15,17,21). The molecule has 9 heteroatoms. The summed E-state index contributed by atoms with van der Waals surface area (Å²) in [5.41, 5.74) is 0.721. The predicted octanol–water partition coefficient (Wildman–Crippen LogP) is 1.48. The van der Waals surface area contributed by atoms with E-state index in [4.69, 9.17) is 14.6 Å². The highest BCUT2D eigenvalue weighted by Gasteiger charge is 2.25. The lowest BCUT2D eigenvalue weighted by Gasteiger charge is -2.20. The second-order valence-corrected chi connectivity index (χ2v) is 5.86. The molecule has 9 nitrogen and oxygen atoms in total. The average Bonchev–Trinajstić information content (AvgIpc) is 2.88. The molecule has 2 amide bonds. The number of carboxylic acids is 1. The number of aliphatic carboxylic acids is 1. The summed E-state index contributed by atoms with van der Waals surface area (Å²) in [6.45, 7) is 5.56. The van der Waals surface area contributed by atoms with Crippen LogP contribution < -0.4 is 10.6 Å². The number of fused-ring (bicyclic) bond motifs is 1. The number of hydrogen-bond acceptors (Lipinski definition) is 6. The number of nitrogens with zero attached hydrogens (tertiary/aromatic N) is 1. The molecule has 0 aliphatic carbocycles. The number of ether oxygens (including phenoxy) is 2. The molecular formula is C14H17N3O6. The Balaban J connectivity index is 2.21. The summed E-state index contributed by atoms with van der Waals surface area (Å²) < 4.78 is 10.4. The molecular weight excluding hydrogens is 306 g/mol. The summed E-state index contributed by atoms with van der Waals surface area (Å²) >= 11 is 0. The summed E-state index contributed by atoms with van der Waals surface area (Å²) in [5, 5.41) is 13.4. The predicted molar refractivity (Wildman–Crippen MR) is 78.9 cm³/mol. The van der Waals surface area contributed by atoms with Crippen molar-refractivity contribution in [2.45, 2.75) is 39.6 Å².